The fraction of sp³-hybridized carbons (Fsp3) is 0.167. The summed E-state index contributed by atoms with van der Waals surface area (Å²) in [4.78, 5) is 0. The molecular weight excluding hydrogens is 339 g/mol. The molecule has 1 aliphatic rings. The van der Waals surface area contributed by atoms with Gasteiger partial charge in [-0.05, 0) is 36.8 Å². The van der Waals surface area contributed by atoms with Gasteiger partial charge in [0.15, 0.2) is 5.82 Å². The maximum Gasteiger partial charge on any atom is 0.212 e. The number of nitrogens with zero attached hydrogens (tertiary/aromatic N) is 4. The van der Waals surface area contributed by atoms with Gasteiger partial charge in [-0.3, -0.25) is 0 Å². The summed E-state index contributed by atoms with van der Waals surface area (Å²) < 4.78 is 20.6. The van der Waals surface area contributed by atoms with Crippen LogP contribution in [0.3, 0.4) is 0 Å². The summed E-state index contributed by atoms with van der Waals surface area (Å²) in [6.45, 7) is 2.51. The highest BCUT2D eigenvalue weighted by Gasteiger charge is 2.22. The van der Waals surface area contributed by atoms with Crippen LogP contribution < -0.4 is 4.74 Å². The highest BCUT2D eigenvalue weighted by atomic mass is 32.2. The Bertz CT molecular complexity index is 937. The van der Waals surface area contributed by atoms with Crippen molar-refractivity contribution < 1.29 is 9.13 Å². The van der Waals surface area contributed by atoms with E-state index in [2.05, 4.69) is 10.2 Å². The molecule has 3 aromatic rings. The van der Waals surface area contributed by atoms with Crippen LogP contribution in [-0.2, 0) is 0 Å². The molecule has 7 heteroatoms. The summed E-state index contributed by atoms with van der Waals surface area (Å²) in [5.41, 5.74) is 2.58. The smallest absolute Gasteiger partial charge is 0.212 e. The van der Waals surface area contributed by atoms with Crippen LogP contribution in [0.1, 0.15) is 12.5 Å². The third-order valence-corrected chi connectivity index (χ3v) is 4.71. The summed E-state index contributed by atoms with van der Waals surface area (Å²) in [6.07, 6.45) is 0. The van der Waals surface area contributed by atoms with Gasteiger partial charge in [0.1, 0.15) is 11.6 Å². The lowest BCUT2D eigenvalue weighted by molar-refractivity contribution is 0.341. The normalized spacial score (nSPS) is 13.3. The van der Waals surface area contributed by atoms with Gasteiger partial charge in [0.25, 0.3) is 0 Å². The molecule has 0 spiro atoms. The van der Waals surface area contributed by atoms with E-state index in [-0.39, 0.29) is 5.82 Å². The third-order valence-electron chi connectivity index (χ3n) is 3.78. The number of aromatic nitrogens is 3. The molecule has 0 radical (unpaired) electrons. The molecule has 1 aromatic heterocycles. The maximum atomic E-state index is 13.2. The Morgan fingerprint density at radius 1 is 1.12 bits per heavy atom. The van der Waals surface area contributed by atoms with Crippen LogP contribution in [0.5, 0.6) is 5.75 Å². The maximum absolute atomic E-state index is 13.2. The lowest BCUT2D eigenvalue weighted by Crippen LogP contribution is -2.14. The van der Waals surface area contributed by atoms with Gasteiger partial charge in [-0.25, -0.2) is 4.39 Å². The topological polar surface area (TPSA) is 52.3 Å². The molecule has 0 saturated heterocycles. The van der Waals surface area contributed by atoms with Gasteiger partial charge in [0.05, 0.1) is 17.9 Å². The summed E-state index contributed by atoms with van der Waals surface area (Å²) in [5, 5.41) is 13.9. The second kappa shape index (κ2) is 6.68. The predicted molar refractivity (Wildman–Crippen MR) is 95.7 cm³/mol. The van der Waals surface area contributed by atoms with Crippen LogP contribution in [0.2, 0.25) is 0 Å². The molecular formula is C18H15FN4OS. The fourth-order valence-corrected chi connectivity index (χ4v) is 3.45. The number of fused-ring (bicyclic) bond motifs is 1. The number of hydrogen-bond acceptors (Lipinski definition) is 5. The van der Waals surface area contributed by atoms with E-state index in [1.165, 1.54) is 12.1 Å². The van der Waals surface area contributed by atoms with E-state index in [1.54, 1.807) is 28.6 Å². The van der Waals surface area contributed by atoms with Gasteiger partial charge in [-0.1, -0.05) is 36.0 Å². The molecule has 4 rings (SSSR count). The van der Waals surface area contributed by atoms with Crippen molar-refractivity contribution in [1.82, 2.24) is 14.9 Å². The minimum absolute atomic E-state index is 0.260. The van der Waals surface area contributed by atoms with Crippen molar-refractivity contribution in [3.8, 4) is 17.1 Å². The second-order valence-electron chi connectivity index (χ2n) is 5.39. The van der Waals surface area contributed by atoms with Crippen LogP contribution in [0.4, 0.5) is 4.39 Å². The average Bonchev–Trinajstić information content (AvgIpc) is 3.06. The first-order valence-electron chi connectivity index (χ1n) is 7.90. The minimum Gasteiger partial charge on any atom is -0.493 e. The zero-order valence-corrected chi connectivity index (χ0v) is 14.3. The molecule has 0 N–H and O–H groups in total. The van der Waals surface area contributed by atoms with Crippen molar-refractivity contribution in [2.45, 2.75) is 12.1 Å². The molecule has 0 unspecified atom stereocenters. The summed E-state index contributed by atoms with van der Waals surface area (Å²) in [5.74, 6) is 1.78. The molecule has 5 nitrogen and oxygen atoms in total. The lowest BCUT2D eigenvalue weighted by Gasteiger charge is -2.15. The lowest BCUT2D eigenvalue weighted by atomic mass is 10.1. The third kappa shape index (κ3) is 3.02. The number of benzene rings is 2. The number of thioether (sulfide) groups is 1. The Morgan fingerprint density at radius 3 is 2.72 bits per heavy atom. The van der Waals surface area contributed by atoms with Crippen LogP contribution in [0.15, 0.2) is 58.8 Å². The van der Waals surface area contributed by atoms with E-state index in [4.69, 9.17) is 9.84 Å². The first-order chi connectivity index (χ1) is 12.3. The molecule has 25 heavy (non-hydrogen) atoms. The van der Waals surface area contributed by atoms with Crippen LogP contribution in [0.25, 0.3) is 11.4 Å². The Hall–Kier alpha value is -2.67. The molecule has 0 fully saturated rings. The van der Waals surface area contributed by atoms with Crippen LogP contribution in [-0.4, -0.2) is 32.9 Å². The highest BCUT2D eigenvalue weighted by Crippen LogP contribution is 2.33. The highest BCUT2D eigenvalue weighted by molar-refractivity contribution is 7.99. The van der Waals surface area contributed by atoms with Gasteiger partial charge in [0.2, 0.25) is 5.16 Å². The van der Waals surface area contributed by atoms with Crippen molar-refractivity contribution in [2.75, 3.05) is 12.4 Å². The molecule has 0 saturated carbocycles. The van der Waals surface area contributed by atoms with E-state index < -0.39 is 0 Å². The standard InChI is InChI=1S/C18H15FN4OS/c1-2-24-16-6-4-3-5-14(16)17-20-21-18-23(17)22-15(11-25-18)12-7-9-13(19)10-8-12/h3-10H,2,11H2,1H3. The van der Waals surface area contributed by atoms with Crippen molar-refractivity contribution in [3.05, 3.63) is 59.9 Å². The van der Waals surface area contributed by atoms with E-state index in [1.807, 2.05) is 31.2 Å². The zero-order chi connectivity index (χ0) is 17.2. The molecule has 0 bridgehead atoms. The number of halogens is 1. The van der Waals surface area contributed by atoms with E-state index in [0.29, 0.717) is 18.2 Å². The number of para-hydroxylation sites is 1. The predicted octanol–water partition coefficient (Wildman–Crippen LogP) is 3.84. The van der Waals surface area contributed by atoms with Gasteiger partial charge >= 0.3 is 0 Å². The van der Waals surface area contributed by atoms with Crippen LogP contribution >= 0.6 is 11.8 Å². The fourth-order valence-electron chi connectivity index (χ4n) is 2.61. The van der Waals surface area contributed by atoms with Gasteiger partial charge < -0.3 is 4.74 Å². The number of hydrogen-bond donors (Lipinski definition) is 0. The number of ether oxygens (including phenoxy) is 1. The molecule has 0 aliphatic carbocycles. The van der Waals surface area contributed by atoms with Gasteiger partial charge in [-0.2, -0.15) is 9.78 Å². The largest absolute Gasteiger partial charge is 0.493 e. The SMILES string of the molecule is CCOc1ccccc1-c1nnc2n1N=C(c1ccc(F)cc1)CS2. The second-order valence-corrected chi connectivity index (χ2v) is 6.33. The van der Waals surface area contributed by atoms with E-state index >= 15 is 0 Å². The van der Waals surface area contributed by atoms with E-state index in [0.717, 1.165) is 27.7 Å². The van der Waals surface area contributed by atoms with Crippen molar-refractivity contribution >= 4 is 17.5 Å². The minimum atomic E-state index is -0.260. The van der Waals surface area contributed by atoms with Gasteiger partial charge in [0, 0.05) is 5.75 Å². The monoisotopic (exact) mass is 354 g/mol. The van der Waals surface area contributed by atoms with Crippen molar-refractivity contribution in [1.29, 1.82) is 0 Å². The molecule has 0 amide bonds. The Kier molecular flexibility index (Phi) is 4.23. The average molecular weight is 354 g/mol. The number of rotatable bonds is 4. The summed E-state index contributed by atoms with van der Waals surface area (Å²) >= 11 is 1.55. The first kappa shape index (κ1) is 15.8. The molecule has 2 heterocycles. The quantitative estimate of drug-likeness (QED) is 0.714. The van der Waals surface area contributed by atoms with Crippen molar-refractivity contribution in [2.24, 2.45) is 5.10 Å². The summed E-state index contributed by atoms with van der Waals surface area (Å²) in [6, 6.07) is 14.0. The first-order valence-corrected chi connectivity index (χ1v) is 8.89. The zero-order valence-electron chi connectivity index (χ0n) is 13.5. The molecule has 1 aliphatic heterocycles. The summed E-state index contributed by atoms with van der Waals surface area (Å²) in [7, 11) is 0. The molecule has 126 valence electrons. The molecule has 0 atom stereocenters. The van der Waals surface area contributed by atoms with Crippen molar-refractivity contribution in [3.63, 3.8) is 0 Å². The Labute approximate surface area is 148 Å². The van der Waals surface area contributed by atoms with E-state index in [9.17, 15) is 4.39 Å². The Morgan fingerprint density at radius 2 is 1.92 bits per heavy atom. The van der Waals surface area contributed by atoms with Crippen LogP contribution in [0, 0.1) is 5.82 Å². The Balaban J connectivity index is 1.79. The van der Waals surface area contributed by atoms with Gasteiger partial charge in [-0.15, -0.1) is 10.2 Å². The molecule has 2 aromatic carbocycles.